The highest BCUT2D eigenvalue weighted by atomic mass is 16.3. The number of benzene rings is 7. The summed E-state index contributed by atoms with van der Waals surface area (Å²) in [5.41, 5.74) is 9.53. The van der Waals surface area contributed by atoms with Gasteiger partial charge in [-0.05, 0) is 58.0 Å². The molecule has 51 heavy (non-hydrogen) atoms. The van der Waals surface area contributed by atoms with E-state index in [0.717, 1.165) is 77.2 Å². The molecule has 5 nitrogen and oxygen atoms in total. The van der Waals surface area contributed by atoms with E-state index in [1.165, 1.54) is 5.39 Å². The summed E-state index contributed by atoms with van der Waals surface area (Å²) in [6.07, 6.45) is 1.94. The van der Waals surface area contributed by atoms with Gasteiger partial charge < -0.3 is 4.42 Å². The molecule has 10 rings (SSSR count). The predicted molar refractivity (Wildman–Crippen MR) is 207 cm³/mol. The van der Waals surface area contributed by atoms with E-state index in [-0.39, 0.29) is 0 Å². The third-order valence-corrected chi connectivity index (χ3v) is 9.56. The van der Waals surface area contributed by atoms with Crippen LogP contribution in [0.2, 0.25) is 0 Å². The minimum Gasteiger partial charge on any atom is -0.455 e. The maximum atomic E-state index is 6.60. The van der Waals surface area contributed by atoms with Gasteiger partial charge in [-0.1, -0.05) is 133 Å². The van der Waals surface area contributed by atoms with Gasteiger partial charge >= 0.3 is 0 Å². The van der Waals surface area contributed by atoms with Gasteiger partial charge in [-0.15, -0.1) is 0 Å². The molecule has 0 radical (unpaired) electrons. The van der Waals surface area contributed by atoms with Crippen molar-refractivity contribution in [3.63, 3.8) is 0 Å². The summed E-state index contributed by atoms with van der Waals surface area (Å²) in [5, 5.41) is 5.44. The van der Waals surface area contributed by atoms with E-state index in [1.54, 1.807) is 0 Å². The fourth-order valence-corrected chi connectivity index (χ4v) is 6.98. The highest BCUT2D eigenvalue weighted by molar-refractivity contribution is 6.12. The Kier molecular flexibility index (Phi) is 6.74. The summed E-state index contributed by atoms with van der Waals surface area (Å²) in [5.74, 6) is 1.74. The molecule has 0 amide bonds. The number of rotatable bonds is 5. The van der Waals surface area contributed by atoms with Crippen LogP contribution in [0.1, 0.15) is 0 Å². The second kappa shape index (κ2) is 11.9. The fourth-order valence-electron chi connectivity index (χ4n) is 6.98. The lowest BCUT2D eigenvalue weighted by molar-refractivity contribution is 0.669. The Morgan fingerprint density at radius 2 is 0.941 bits per heavy atom. The Bertz CT molecular complexity index is 2900. The summed E-state index contributed by atoms with van der Waals surface area (Å²) >= 11 is 0. The first kappa shape index (κ1) is 29.0. The Morgan fingerprint density at radius 3 is 1.73 bits per heavy atom. The van der Waals surface area contributed by atoms with E-state index in [0.29, 0.717) is 17.5 Å². The number of furan rings is 1. The number of hydrogen-bond acceptors (Lipinski definition) is 5. The molecule has 0 unspecified atom stereocenters. The van der Waals surface area contributed by atoms with Gasteiger partial charge in [-0.2, -0.15) is 0 Å². The van der Waals surface area contributed by atoms with E-state index in [9.17, 15) is 0 Å². The van der Waals surface area contributed by atoms with Crippen LogP contribution in [-0.2, 0) is 0 Å². The SMILES string of the molecule is c1ccc(-c2ccc(-c3nc(-c4ccccc4)nc(-c4cc(-c5ccc6ncc7ccccc7c6c5)cc5c4oc4ccccc45)n3)cc2)cc1. The highest BCUT2D eigenvalue weighted by Gasteiger charge is 2.20. The van der Waals surface area contributed by atoms with Crippen molar-refractivity contribution >= 4 is 43.6 Å². The molecule has 0 saturated heterocycles. The van der Waals surface area contributed by atoms with Crippen LogP contribution in [0.5, 0.6) is 0 Å². The van der Waals surface area contributed by atoms with Gasteiger partial charge in [0, 0.05) is 38.9 Å². The lowest BCUT2D eigenvalue weighted by Crippen LogP contribution is -2.00. The maximum Gasteiger partial charge on any atom is 0.167 e. The molecule has 0 aliphatic carbocycles. The van der Waals surface area contributed by atoms with Crippen LogP contribution in [-0.4, -0.2) is 19.9 Å². The summed E-state index contributed by atoms with van der Waals surface area (Å²) < 4.78 is 6.60. The zero-order valence-electron chi connectivity index (χ0n) is 27.4. The molecule has 0 aliphatic heterocycles. The predicted octanol–water partition coefficient (Wildman–Crippen LogP) is 11.8. The van der Waals surface area contributed by atoms with Gasteiger partial charge in [0.05, 0.1) is 11.1 Å². The lowest BCUT2D eigenvalue weighted by Gasteiger charge is -2.12. The normalized spacial score (nSPS) is 11.5. The number of fused-ring (bicyclic) bond motifs is 6. The van der Waals surface area contributed by atoms with E-state index in [1.807, 2.05) is 66.9 Å². The van der Waals surface area contributed by atoms with Crippen molar-refractivity contribution in [2.24, 2.45) is 0 Å². The summed E-state index contributed by atoms with van der Waals surface area (Å²) in [4.78, 5) is 20.0. The maximum absolute atomic E-state index is 6.60. The van der Waals surface area contributed by atoms with Gasteiger partial charge in [0.15, 0.2) is 17.5 Å². The second-order valence-electron chi connectivity index (χ2n) is 12.7. The van der Waals surface area contributed by atoms with Gasteiger partial charge in [0.2, 0.25) is 0 Å². The Balaban J connectivity index is 1.20. The number of aromatic nitrogens is 4. The molecule has 5 heteroatoms. The van der Waals surface area contributed by atoms with E-state index in [2.05, 4.69) is 103 Å². The lowest BCUT2D eigenvalue weighted by atomic mass is 9.96. The molecule has 0 spiro atoms. The van der Waals surface area contributed by atoms with E-state index in [4.69, 9.17) is 24.4 Å². The number of hydrogen-bond donors (Lipinski definition) is 0. The standard InChI is InChI=1S/C46H28N4O/c1-3-11-29(12-4-1)30-19-21-32(22-20-30)45-48-44(31-13-5-2-6-14-31)49-46(50-45)40-27-35(26-39-37-17-9-10-18-42(37)51-43(39)40)33-23-24-41-38(25-33)36-16-8-7-15-34(36)28-47-41/h1-28H. The van der Waals surface area contributed by atoms with E-state index >= 15 is 0 Å². The molecule has 238 valence electrons. The van der Waals surface area contributed by atoms with Gasteiger partial charge in [-0.3, -0.25) is 4.98 Å². The van der Waals surface area contributed by atoms with Crippen LogP contribution in [0.4, 0.5) is 0 Å². The molecular formula is C46H28N4O. The van der Waals surface area contributed by atoms with Crippen LogP contribution in [0.3, 0.4) is 0 Å². The van der Waals surface area contributed by atoms with Crippen molar-refractivity contribution in [1.82, 2.24) is 19.9 Å². The minimum absolute atomic E-state index is 0.546. The average molecular weight is 653 g/mol. The topological polar surface area (TPSA) is 64.7 Å². The molecular weight excluding hydrogens is 625 g/mol. The molecule has 3 heterocycles. The van der Waals surface area contributed by atoms with Crippen molar-refractivity contribution < 1.29 is 4.42 Å². The Hall–Kier alpha value is -6.98. The van der Waals surface area contributed by atoms with Crippen LogP contribution in [0.15, 0.2) is 174 Å². The Morgan fingerprint density at radius 1 is 0.373 bits per heavy atom. The first-order chi connectivity index (χ1) is 25.2. The van der Waals surface area contributed by atoms with Gasteiger partial charge in [0.1, 0.15) is 11.2 Å². The third kappa shape index (κ3) is 5.11. The average Bonchev–Trinajstić information content (AvgIpc) is 3.59. The third-order valence-electron chi connectivity index (χ3n) is 9.56. The zero-order chi connectivity index (χ0) is 33.7. The quantitative estimate of drug-likeness (QED) is 0.173. The number of para-hydroxylation sites is 1. The van der Waals surface area contributed by atoms with Crippen molar-refractivity contribution in [3.8, 4) is 56.4 Å². The van der Waals surface area contributed by atoms with Crippen LogP contribution in [0, 0.1) is 0 Å². The molecule has 3 aromatic heterocycles. The van der Waals surface area contributed by atoms with Crippen molar-refractivity contribution in [1.29, 1.82) is 0 Å². The molecule has 0 saturated carbocycles. The van der Waals surface area contributed by atoms with Gasteiger partial charge in [0.25, 0.3) is 0 Å². The summed E-state index contributed by atoms with van der Waals surface area (Å²) in [7, 11) is 0. The summed E-state index contributed by atoms with van der Waals surface area (Å²) in [6, 6.07) is 56.2. The highest BCUT2D eigenvalue weighted by Crippen LogP contribution is 2.40. The first-order valence-corrected chi connectivity index (χ1v) is 17.0. The smallest absolute Gasteiger partial charge is 0.167 e. The molecule has 0 N–H and O–H groups in total. The molecule has 0 fully saturated rings. The number of nitrogens with zero attached hydrogens (tertiary/aromatic N) is 4. The largest absolute Gasteiger partial charge is 0.455 e. The Labute approximate surface area is 293 Å². The molecule has 0 bridgehead atoms. The molecule has 7 aromatic carbocycles. The van der Waals surface area contributed by atoms with Crippen LogP contribution in [0.25, 0.3) is 100 Å². The van der Waals surface area contributed by atoms with Crippen LogP contribution < -0.4 is 0 Å². The number of pyridine rings is 1. The van der Waals surface area contributed by atoms with Crippen LogP contribution >= 0.6 is 0 Å². The van der Waals surface area contributed by atoms with Crippen molar-refractivity contribution in [2.45, 2.75) is 0 Å². The van der Waals surface area contributed by atoms with Gasteiger partial charge in [-0.25, -0.2) is 15.0 Å². The minimum atomic E-state index is 0.546. The van der Waals surface area contributed by atoms with Crippen molar-refractivity contribution in [2.75, 3.05) is 0 Å². The molecule has 0 aliphatic rings. The molecule has 10 aromatic rings. The summed E-state index contributed by atoms with van der Waals surface area (Å²) in [6.45, 7) is 0. The zero-order valence-corrected chi connectivity index (χ0v) is 27.4. The van der Waals surface area contributed by atoms with E-state index < -0.39 is 0 Å². The van der Waals surface area contributed by atoms with Crippen molar-refractivity contribution in [3.05, 3.63) is 170 Å². The monoisotopic (exact) mass is 652 g/mol. The molecule has 0 atom stereocenters. The fraction of sp³-hybridized carbons (Fsp3) is 0. The second-order valence-corrected chi connectivity index (χ2v) is 12.7. The first-order valence-electron chi connectivity index (χ1n) is 17.0.